The van der Waals surface area contributed by atoms with Gasteiger partial charge in [-0.1, -0.05) is 11.6 Å². The molecule has 5 heteroatoms. The lowest BCUT2D eigenvalue weighted by molar-refractivity contribution is 0.0987. The number of hydrogen-bond donors (Lipinski definition) is 1. The number of ether oxygens (including phenoxy) is 2. The first-order valence-electron chi connectivity index (χ1n) is 5.25. The van der Waals surface area contributed by atoms with Crippen LogP contribution in [0.3, 0.4) is 0 Å². The largest absolute Gasteiger partial charge is 0.495 e. The lowest BCUT2D eigenvalue weighted by atomic mass is 10.1. The molecule has 0 radical (unpaired) electrons. The fourth-order valence-corrected chi connectivity index (χ4v) is 1.51. The molecule has 1 N–H and O–H groups in total. The number of nitrogens with one attached hydrogen (secondary N) is 1. The highest BCUT2D eigenvalue weighted by Gasteiger charge is 2.08. The SMILES string of the molecule is COCCNCC(=O)c1ccc(Cl)c(OC)c1. The Morgan fingerprint density at radius 1 is 1.41 bits per heavy atom. The van der Waals surface area contributed by atoms with Crippen LogP contribution in [0.1, 0.15) is 10.4 Å². The van der Waals surface area contributed by atoms with Crippen LogP contribution >= 0.6 is 11.6 Å². The zero-order valence-corrected chi connectivity index (χ0v) is 10.7. The van der Waals surface area contributed by atoms with Crippen molar-refractivity contribution in [3.05, 3.63) is 28.8 Å². The van der Waals surface area contributed by atoms with Gasteiger partial charge in [-0.3, -0.25) is 4.79 Å². The Morgan fingerprint density at radius 2 is 2.18 bits per heavy atom. The van der Waals surface area contributed by atoms with E-state index in [9.17, 15) is 4.79 Å². The Kier molecular flexibility index (Phi) is 5.97. The van der Waals surface area contributed by atoms with Crippen LogP contribution < -0.4 is 10.1 Å². The van der Waals surface area contributed by atoms with Crippen LogP contribution in [0.4, 0.5) is 0 Å². The number of hydrogen-bond acceptors (Lipinski definition) is 4. The zero-order valence-electron chi connectivity index (χ0n) is 9.96. The Balaban J connectivity index is 2.57. The van der Waals surface area contributed by atoms with Gasteiger partial charge >= 0.3 is 0 Å². The summed E-state index contributed by atoms with van der Waals surface area (Å²) in [5.74, 6) is 0.505. The number of methoxy groups -OCH3 is 2. The van der Waals surface area contributed by atoms with E-state index in [0.29, 0.717) is 29.5 Å². The van der Waals surface area contributed by atoms with Crippen molar-refractivity contribution in [3.63, 3.8) is 0 Å². The Morgan fingerprint density at radius 3 is 2.82 bits per heavy atom. The van der Waals surface area contributed by atoms with Gasteiger partial charge in [-0.05, 0) is 18.2 Å². The van der Waals surface area contributed by atoms with Gasteiger partial charge in [0.1, 0.15) is 5.75 Å². The van der Waals surface area contributed by atoms with Gasteiger partial charge in [0.25, 0.3) is 0 Å². The Bertz CT molecular complexity index is 382. The maximum Gasteiger partial charge on any atom is 0.176 e. The lowest BCUT2D eigenvalue weighted by Gasteiger charge is -2.06. The minimum atomic E-state index is -0.00364. The molecule has 0 atom stereocenters. The van der Waals surface area contributed by atoms with Crippen molar-refractivity contribution in [2.45, 2.75) is 0 Å². The zero-order chi connectivity index (χ0) is 12.7. The highest BCUT2D eigenvalue weighted by molar-refractivity contribution is 6.32. The summed E-state index contributed by atoms with van der Waals surface area (Å²) in [6.07, 6.45) is 0. The van der Waals surface area contributed by atoms with Crippen LogP contribution in [0.15, 0.2) is 18.2 Å². The van der Waals surface area contributed by atoms with Gasteiger partial charge in [-0.2, -0.15) is 0 Å². The fourth-order valence-electron chi connectivity index (χ4n) is 1.31. The van der Waals surface area contributed by atoms with Crippen molar-refractivity contribution >= 4 is 17.4 Å². The summed E-state index contributed by atoms with van der Waals surface area (Å²) in [4.78, 5) is 11.8. The first-order valence-corrected chi connectivity index (χ1v) is 5.63. The third-order valence-corrected chi connectivity index (χ3v) is 2.55. The molecule has 0 amide bonds. The molecule has 1 rings (SSSR count). The van der Waals surface area contributed by atoms with Gasteiger partial charge in [0, 0.05) is 19.2 Å². The van der Waals surface area contributed by atoms with Gasteiger partial charge in [0.2, 0.25) is 0 Å². The van der Waals surface area contributed by atoms with Crippen molar-refractivity contribution in [1.82, 2.24) is 5.32 Å². The number of benzene rings is 1. The first-order chi connectivity index (χ1) is 8.19. The van der Waals surface area contributed by atoms with Gasteiger partial charge in [-0.15, -0.1) is 0 Å². The third kappa shape index (κ3) is 4.34. The van der Waals surface area contributed by atoms with E-state index in [0.717, 1.165) is 0 Å². The quantitative estimate of drug-likeness (QED) is 0.597. The molecule has 1 aromatic rings. The van der Waals surface area contributed by atoms with E-state index in [-0.39, 0.29) is 12.3 Å². The second kappa shape index (κ2) is 7.27. The maximum atomic E-state index is 11.8. The molecular formula is C12H16ClNO3. The summed E-state index contributed by atoms with van der Waals surface area (Å²) in [7, 11) is 3.14. The van der Waals surface area contributed by atoms with Crippen molar-refractivity contribution in [1.29, 1.82) is 0 Å². The number of carbonyl (C=O) groups is 1. The number of Topliss-reactive ketones (excluding diaryl/α,β-unsaturated/α-hetero) is 1. The third-order valence-electron chi connectivity index (χ3n) is 2.24. The van der Waals surface area contributed by atoms with Crippen molar-refractivity contribution in [2.24, 2.45) is 0 Å². The summed E-state index contributed by atoms with van der Waals surface area (Å²) in [5.41, 5.74) is 0.580. The molecule has 0 aliphatic rings. The Hall–Kier alpha value is -1.10. The fraction of sp³-hybridized carbons (Fsp3) is 0.417. The summed E-state index contributed by atoms with van der Waals surface area (Å²) in [6.45, 7) is 1.50. The van der Waals surface area contributed by atoms with Gasteiger partial charge in [-0.25, -0.2) is 0 Å². The van der Waals surface area contributed by atoms with Gasteiger partial charge < -0.3 is 14.8 Å². The minimum absolute atomic E-state index is 0.00364. The smallest absolute Gasteiger partial charge is 0.176 e. The predicted molar refractivity (Wildman–Crippen MR) is 67.1 cm³/mol. The van der Waals surface area contributed by atoms with E-state index in [2.05, 4.69) is 5.32 Å². The normalized spacial score (nSPS) is 10.3. The molecule has 17 heavy (non-hydrogen) atoms. The molecule has 0 saturated heterocycles. The number of halogens is 1. The lowest BCUT2D eigenvalue weighted by Crippen LogP contribution is -2.26. The van der Waals surface area contributed by atoms with Crippen LogP contribution in [0.2, 0.25) is 5.02 Å². The minimum Gasteiger partial charge on any atom is -0.495 e. The standard InChI is InChI=1S/C12H16ClNO3/c1-16-6-5-14-8-11(15)9-3-4-10(13)12(7-9)17-2/h3-4,7,14H,5-6,8H2,1-2H3. The topological polar surface area (TPSA) is 47.6 Å². The molecule has 94 valence electrons. The van der Waals surface area contributed by atoms with Crippen molar-refractivity contribution < 1.29 is 14.3 Å². The molecule has 0 unspecified atom stereocenters. The molecule has 0 aliphatic heterocycles. The monoisotopic (exact) mass is 257 g/mol. The highest BCUT2D eigenvalue weighted by Crippen LogP contribution is 2.24. The first kappa shape index (κ1) is 14.0. The molecule has 0 spiro atoms. The van der Waals surface area contributed by atoms with Gasteiger partial charge in [0.05, 0.1) is 25.3 Å². The van der Waals surface area contributed by atoms with E-state index < -0.39 is 0 Å². The van der Waals surface area contributed by atoms with Gasteiger partial charge in [0.15, 0.2) is 5.78 Å². The summed E-state index contributed by atoms with van der Waals surface area (Å²) in [5, 5.41) is 3.48. The van der Waals surface area contributed by atoms with Crippen LogP contribution in [-0.2, 0) is 4.74 Å². The second-order valence-electron chi connectivity index (χ2n) is 3.44. The molecule has 4 nitrogen and oxygen atoms in total. The molecule has 0 heterocycles. The van der Waals surface area contributed by atoms with Crippen LogP contribution in [0.5, 0.6) is 5.75 Å². The average Bonchev–Trinajstić information content (AvgIpc) is 2.35. The van der Waals surface area contributed by atoms with Crippen molar-refractivity contribution in [3.8, 4) is 5.75 Å². The van der Waals surface area contributed by atoms with E-state index >= 15 is 0 Å². The molecule has 0 saturated carbocycles. The Labute approximate surface area is 106 Å². The van der Waals surface area contributed by atoms with E-state index in [1.165, 1.54) is 7.11 Å². The number of carbonyl (C=O) groups excluding carboxylic acids is 1. The number of ketones is 1. The van der Waals surface area contributed by atoms with Crippen molar-refractivity contribution in [2.75, 3.05) is 33.9 Å². The molecule has 0 aliphatic carbocycles. The summed E-state index contributed by atoms with van der Waals surface area (Å²) < 4.78 is 9.92. The van der Waals surface area contributed by atoms with E-state index in [1.54, 1.807) is 25.3 Å². The average molecular weight is 258 g/mol. The van der Waals surface area contributed by atoms with Crippen LogP contribution in [0.25, 0.3) is 0 Å². The number of rotatable bonds is 7. The van der Waals surface area contributed by atoms with Crippen LogP contribution in [-0.4, -0.2) is 39.7 Å². The summed E-state index contributed by atoms with van der Waals surface area (Å²) in [6, 6.07) is 4.98. The molecule has 0 bridgehead atoms. The van der Waals surface area contributed by atoms with E-state index in [4.69, 9.17) is 21.1 Å². The second-order valence-corrected chi connectivity index (χ2v) is 3.85. The summed E-state index contributed by atoms with van der Waals surface area (Å²) >= 11 is 5.88. The maximum absolute atomic E-state index is 11.8. The highest BCUT2D eigenvalue weighted by atomic mass is 35.5. The van der Waals surface area contributed by atoms with E-state index in [1.807, 2.05) is 0 Å². The molecule has 0 fully saturated rings. The van der Waals surface area contributed by atoms with Crippen LogP contribution in [0, 0.1) is 0 Å². The molecule has 0 aromatic heterocycles. The predicted octanol–water partition coefficient (Wildman–Crippen LogP) is 1.77. The molecule has 1 aromatic carbocycles. The molecular weight excluding hydrogens is 242 g/mol.